The van der Waals surface area contributed by atoms with Crippen LogP contribution in [-0.2, 0) is 9.59 Å². The largest absolute Gasteiger partial charge is 0.520 e. The number of nitrogens with zero attached hydrogens (tertiary/aromatic N) is 2. The minimum absolute atomic E-state index is 0. The first kappa shape index (κ1) is 43.0. The van der Waals surface area contributed by atoms with E-state index in [1.807, 2.05) is 25.4 Å². The summed E-state index contributed by atoms with van der Waals surface area (Å²) in [6.45, 7) is 31.0. The third-order valence-electron chi connectivity index (χ3n) is 11.2. The van der Waals surface area contributed by atoms with Gasteiger partial charge in [-0.2, -0.15) is 12.8 Å². The van der Waals surface area contributed by atoms with Crippen LogP contribution in [-0.4, -0.2) is 89.2 Å². The minimum atomic E-state index is -1.23. The SMILES string of the molecule is CCC[Si](C)(C)C1CCCC(N(C)[C-]=O)C1.CN([C-]=O)C1CCCC([Si](C)(C)CC[Si](C)(C)C[Si](C)(C)C[Si](C)(C)C)C1.[Rf]. The Labute approximate surface area is 275 Å². The molecule has 0 aromatic carbocycles. The zero-order valence-electron chi connectivity index (χ0n) is 32.1. The summed E-state index contributed by atoms with van der Waals surface area (Å²) in [6, 6.07) is 5.38. The van der Waals surface area contributed by atoms with Crippen LogP contribution in [0.4, 0.5) is 0 Å². The fraction of sp³-hybridized carbons (Fsp3) is 0.941. The molecule has 10 heteroatoms. The van der Waals surface area contributed by atoms with Crippen LogP contribution < -0.4 is 0 Å². The van der Waals surface area contributed by atoms with Gasteiger partial charge in [0.15, 0.2) is 0 Å². The van der Waals surface area contributed by atoms with Gasteiger partial charge in [-0.3, -0.25) is 0 Å². The molecule has 4 unspecified atom stereocenters. The summed E-state index contributed by atoms with van der Waals surface area (Å²) in [7, 11) is -1.59. The van der Waals surface area contributed by atoms with Gasteiger partial charge in [-0.05, 0) is 62.9 Å². The summed E-state index contributed by atoms with van der Waals surface area (Å²) in [5.74, 6) is 0. The second kappa shape index (κ2) is 17.8. The second-order valence-corrected chi connectivity index (χ2v) is 46.6. The average molecular weight is 950 g/mol. The summed E-state index contributed by atoms with van der Waals surface area (Å²) in [5, 5.41) is 0. The van der Waals surface area contributed by atoms with Gasteiger partial charge in [0.1, 0.15) is 0 Å². The van der Waals surface area contributed by atoms with Gasteiger partial charge in [0, 0.05) is 24.2 Å². The summed E-state index contributed by atoms with van der Waals surface area (Å²) < 4.78 is 0. The van der Waals surface area contributed by atoms with Crippen molar-refractivity contribution in [1.82, 2.24) is 9.80 Å². The third-order valence-corrected chi connectivity index (χ3v) is 37.8. The summed E-state index contributed by atoms with van der Waals surface area (Å²) in [4.78, 5) is 25.4. The molecule has 2 aliphatic rings. The van der Waals surface area contributed by atoms with Crippen LogP contribution in [0.5, 0.6) is 0 Å². The topological polar surface area (TPSA) is 40.6 Å². The standard InChI is InChI=1S/C21H48NOSi4.C13H26NOSi.Rf/c1-22(17-23)20-12-11-13-21(16-20)27(9,10)15-14-25(5,6)19-26(7,8)18-24(2,3)4;1-5-9-16(3,4)13-8-6-7-12(10-13)14(2)11-15;/h20-21H,11-16,18-19H2,1-10H3;12-13H,5-10H2,1-4H3;/q2*-1;. The van der Waals surface area contributed by atoms with E-state index < -0.39 is 40.4 Å². The Bertz CT molecular complexity index is 850. The molecular weight excluding hydrogens is 876 g/mol. The Kier molecular flexibility index (Phi) is 17.4. The van der Waals surface area contributed by atoms with Crippen LogP contribution in [0.15, 0.2) is 0 Å². The van der Waals surface area contributed by atoms with E-state index in [-0.39, 0.29) is 0 Å². The van der Waals surface area contributed by atoms with Crippen LogP contribution in [0.1, 0.15) is 64.7 Å². The normalized spacial score (nSPS) is 23.5. The molecule has 0 N–H and O–H groups in total. The first-order chi connectivity index (χ1) is 19.6. The monoisotopic (exact) mass is 950 g/mol. The van der Waals surface area contributed by atoms with Crippen LogP contribution in [0.25, 0.3) is 0 Å². The van der Waals surface area contributed by atoms with Gasteiger partial charge in [0.2, 0.25) is 0 Å². The maximum absolute atomic E-state index is 11.1. The number of rotatable bonds is 15. The van der Waals surface area contributed by atoms with E-state index in [2.05, 4.69) is 85.4 Å². The predicted octanol–water partition coefficient (Wildman–Crippen LogP) is 10.3. The zero-order valence-corrected chi connectivity index (χ0v) is 43.5. The molecule has 2 amide bonds. The Morgan fingerprint density at radius 2 is 1.00 bits per heavy atom. The van der Waals surface area contributed by atoms with Gasteiger partial charge < -0.3 is 19.4 Å². The van der Waals surface area contributed by atoms with E-state index in [4.69, 9.17) is 0 Å². The molecule has 4 nitrogen and oxygen atoms in total. The zero-order chi connectivity index (χ0) is 33.3. The number of carbonyl (C=O) groups excluding carboxylic acids is 2. The molecule has 0 spiro atoms. The van der Waals surface area contributed by atoms with Crippen molar-refractivity contribution in [3.63, 3.8) is 0 Å². The van der Waals surface area contributed by atoms with Crippen molar-refractivity contribution in [3.8, 4) is 0 Å². The van der Waals surface area contributed by atoms with Crippen molar-refractivity contribution in [2.75, 3.05) is 14.1 Å². The van der Waals surface area contributed by atoms with Crippen molar-refractivity contribution >= 4 is 53.2 Å². The van der Waals surface area contributed by atoms with Gasteiger partial charge in [-0.1, -0.05) is 141 Å². The Morgan fingerprint density at radius 3 is 1.36 bits per heavy atom. The number of amides is 2. The van der Waals surface area contributed by atoms with E-state index in [0.717, 1.165) is 11.1 Å². The van der Waals surface area contributed by atoms with Gasteiger partial charge in [0.05, 0.1) is 16.1 Å². The minimum Gasteiger partial charge on any atom is -0.520 e. The molecule has 0 aliphatic heterocycles. The Balaban J connectivity index is 0.000000929. The van der Waals surface area contributed by atoms with Crippen molar-refractivity contribution in [2.45, 2.75) is 189 Å². The first-order valence-corrected chi connectivity index (χ1v) is 34.9. The average Bonchev–Trinajstić information content (AvgIpc) is 2.89. The fourth-order valence-electron chi connectivity index (χ4n) is 9.20. The van der Waals surface area contributed by atoms with E-state index in [0.29, 0.717) is 12.1 Å². The summed E-state index contributed by atoms with van der Waals surface area (Å²) >= 11 is 0. The quantitative estimate of drug-likeness (QED) is 0.0933. The van der Waals surface area contributed by atoms with Crippen molar-refractivity contribution in [3.05, 3.63) is 0 Å². The molecular formula is C34H74N2O2RfSi5-2. The van der Waals surface area contributed by atoms with Crippen LogP contribution in [0, 0.1) is 0 Å². The fourth-order valence-corrected chi connectivity index (χ4v) is 44.6. The van der Waals surface area contributed by atoms with Crippen LogP contribution in [0.2, 0.25) is 113 Å². The summed E-state index contributed by atoms with van der Waals surface area (Å²) in [6.07, 6.45) is 15.7. The van der Waals surface area contributed by atoms with Crippen molar-refractivity contribution < 1.29 is 9.59 Å². The Morgan fingerprint density at radius 1 is 0.591 bits per heavy atom. The number of hydrogen-bond acceptors (Lipinski definition) is 2. The molecule has 2 rings (SSSR count). The molecule has 0 heterocycles. The van der Waals surface area contributed by atoms with Gasteiger partial charge >= 0.3 is 0 Å². The molecule has 0 aromatic heterocycles. The van der Waals surface area contributed by atoms with Gasteiger partial charge in [0.25, 0.3) is 0 Å². The van der Waals surface area contributed by atoms with E-state index in [1.54, 1.807) is 16.2 Å². The van der Waals surface area contributed by atoms with E-state index >= 15 is 0 Å². The van der Waals surface area contributed by atoms with Crippen molar-refractivity contribution in [1.29, 1.82) is 0 Å². The maximum Gasteiger partial charge on any atom is 0.0505 e. The molecule has 2 aliphatic carbocycles. The molecule has 4 atom stereocenters. The first-order valence-electron chi connectivity index (χ1n) is 17.8. The molecule has 0 saturated heterocycles. The molecule has 0 bridgehead atoms. The maximum atomic E-state index is 11.1. The molecule has 256 valence electrons. The Hall–Kier alpha value is -0.976. The van der Waals surface area contributed by atoms with Crippen LogP contribution >= 0.6 is 0 Å². The molecule has 2 fully saturated rings. The molecule has 0 aromatic rings. The number of hydrogen-bond donors (Lipinski definition) is 0. The third kappa shape index (κ3) is 15.1. The molecule has 0 radical (unpaired) electrons. The summed E-state index contributed by atoms with van der Waals surface area (Å²) in [5.41, 5.74) is 5.01. The molecule has 2 saturated carbocycles. The smallest absolute Gasteiger partial charge is 0.0505 e. The van der Waals surface area contributed by atoms with Crippen LogP contribution in [0.3, 0.4) is 0 Å². The van der Waals surface area contributed by atoms with Gasteiger partial charge in [-0.25, -0.2) is 0 Å². The van der Waals surface area contributed by atoms with Gasteiger partial charge in [-0.15, -0.1) is 0 Å². The van der Waals surface area contributed by atoms with E-state index in [1.165, 1.54) is 75.9 Å². The van der Waals surface area contributed by atoms with Crippen molar-refractivity contribution in [2.24, 2.45) is 0 Å². The predicted molar refractivity (Wildman–Crippen MR) is 207 cm³/mol. The second-order valence-electron chi connectivity index (χ2n) is 18.9. The molecule has 44 heavy (non-hydrogen) atoms. The van der Waals surface area contributed by atoms with E-state index in [9.17, 15) is 9.59 Å².